The first-order valence-electron chi connectivity index (χ1n) is 5.99. The second kappa shape index (κ2) is 5.80. The van der Waals surface area contributed by atoms with E-state index in [2.05, 4.69) is 15.9 Å². The minimum absolute atomic E-state index is 0.0206. The van der Waals surface area contributed by atoms with Crippen LogP contribution in [0.1, 0.15) is 18.1 Å². The van der Waals surface area contributed by atoms with Crippen LogP contribution in [0, 0.1) is 11.6 Å². The quantitative estimate of drug-likeness (QED) is 0.782. The molecular formula is C15H13BrClF2N. The number of halogens is 4. The normalized spacial score (nSPS) is 14.1. The summed E-state index contributed by atoms with van der Waals surface area (Å²) in [4.78, 5) is 0. The van der Waals surface area contributed by atoms with E-state index in [9.17, 15) is 8.78 Å². The standard InChI is InChI=1S/C15H13BrClF2N/c1-15(20,8-9-4-2-3-5-12(9)18)10-6-7-11(16)13(17)14(10)19/h2-7H,8,20H2,1H3. The van der Waals surface area contributed by atoms with Gasteiger partial charge in [-0.3, -0.25) is 0 Å². The van der Waals surface area contributed by atoms with E-state index in [0.717, 1.165) is 0 Å². The van der Waals surface area contributed by atoms with Gasteiger partial charge in [0.1, 0.15) is 11.6 Å². The van der Waals surface area contributed by atoms with Crippen LogP contribution in [0.3, 0.4) is 0 Å². The van der Waals surface area contributed by atoms with Gasteiger partial charge in [0.15, 0.2) is 0 Å². The molecule has 0 fully saturated rings. The Labute approximate surface area is 129 Å². The van der Waals surface area contributed by atoms with Crippen LogP contribution in [0.15, 0.2) is 40.9 Å². The summed E-state index contributed by atoms with van der Waals surface area (Å²) >= 11 is 9.02. The predicted molar refractivity (Wildman–Crippen MR) is 80.8 cm³/mol. The average Bonchev–Trinajstić information content (AvgIpc) is 2.38. The lowest BCUT2D eigenvalue weighted by atomic mass is 9.86. The lowest BCUT2D eigenvalue weighted by molar-refractivity contribution is 0.447. The van der Waals surface area contributed by atoms with Gasteiger partial charge in [0.05, 0.1) is 5.02 Å². The molecule has 0 amide bonds. The third-order valence-electron chi connectivity index (χ3n) is 3.17. The molecule has 0 aliphatic carbocycles. The van der Waals surface area contributed by atoms with Crippen LogP contribution >= 0.6 is 27.5 Å². The summed E-state index contributed by atoms with van der Waals surface area (Å²) in [6.45, 7) is 1.65. The molecular weight excluding hydrogens is 348 g/mol. The molecule has 1 nitrogen and oxygen atoms in total. The summed E-state index contributed by atoms with van der Waals surface area (Å²) in [7, 11) is 0. The van der Waals surface area contributed by atoms with Crippen LogP contribution in [0.2, 0.25) is 5.02 Å². The molecule has 5 heteroatoms. The zero-order valence-electron chi connectivity index (χ0n) is 10.8. The molecule has 0 spiro atoms. The Kier molecular flexibility index (Phi) is 4.47. The van der Waals surface area contributed by atoms with E-state index in [0.29, 0.717) is 10.0 Å². The van der Waals surface area contributed by atoms with Crippen LogP contribution in [0.25, 0.3) is 0 Å². The maximum Gasteiger partial charge on any atom is 0.147 e. The molecule has 0 aliphatic heterocycles. The van der Waals surface area contributed by atoms with Crippen molar-refractivity contribution in [2.45, 2.75) is 18.9 Å². The van der Waals surface area contributed by atoms with Gasteiger partial charge in [-0.05, 0) is 47.0 Å². The van der Waals surface area contributed by atoms with E-state index in [1.165, 1.54) is 6.07 Å². The van der Waals surface area contributed by atoms with Gasteiger partial charge in [0, 0.05) is 15.6 Å². The minimum Gasteiger partial charge on any atom is -0.321 e. The first-order chi connectivity index (χ1) is 9.33. The summed E-state index contributed by atoms with van der Waals surface area (Å²) in [5.74, 6) is -0.935. The second-order valence-electron chi connectivity index (χ2n) is 4.91. The van der Waals surface area contributed by atoms with Gasteiger partial charge in [-0.2, -0.15) is 0 Å². The third-order valence-corrected chi connectivity index (χ3v) is 4.42. The van der Waals surface area contributed by atoms with Crippen molar-refractivity contribution in [3.63, 3.8) is 0 Å². The molecule has 0 aliphatic rings. The highest BCUT2D eigenvalue weighted by molar-refractivity contribution is 9.10. The van der Waals surface area contributed by atoms with Crippen molar-refractivity contribution in [3.05, 3.63) is 68.7 Å². The fourth-order valence-electron chi connectivity index (χ4n) is 2.10. The molecule has 2 aromatic rings. The number of benzene rings is 2. The van der Waals surface area contributed by atoms with Gasteiger partial charge in [-0.1, -0.05) is 35.9 Å². The summed E-state index contributed by atoms with van der Waals surface area (Å²) in [6, 6.07) is 9.51. The molecule has 2 aromatic carbocycles. The van der Waals surface area contributed by atoms with Crippen LogP contribution in [-0.4, -0.2) is 0 Å². The van der Waals surface area contributed by atoms with E-state index < -0.39 is 11.4 Å². The zero-order chi connectivity index (χ0) is 14.9. The van der Waals surface area contributed by atoms with Crippen molar-refractivity contribution < 1.29 is 8.78 Å². The highest BCUT2D eigenvalue weighted by Crippen LogP contribution is 2.33. The number of nitrogens with two attached hydrogens (primary N) is 1. The Morgan fingerprint density at radius 3 is 2.50 bits per heavy atom. The molecule has 0 aromatic heterocycles. The molecule has 2 rings (SSSR count). The van der Waals surface area contributed by atoms with Crippen molar-refractivity contribution in [2.24, 2.45) is 5.73 Å². The van der Waals surface area contributed by atoms with E-state index in [1.54, 1.807) is 37.3 Å². The zero-order valence-corrected chi connectivity index (χ0v) is 13.1. The van der Waals surface area contributed by atoms with Crippen molar-refractivity contribution in [1.29, 1.82) is 0 Å². The Balaban J connectivity index is 2.41. The van der Waals surface area contributed by atoms with Gasteiger partial charge < -0.3 is 5.73 Å². The summed E-state index contributed by atoms with van der Waals surface area (Å²) in [6.07, 6.45) is 0.175. The van der Waals surface area contributed by atoms with Gasteiger partial charge in [0.2, 0.25) is 0 Å². The summed E-state index contributed by atoms with van der Waals surface area (Å²) < 4.78 is 28.4. The topological polar surface area (TPSA) is 26.0 Å². The summed E-state index contributed by atoms with van der Waals surface area (Å²) in [5, 5.41) is -0.0206. The molecule has 0 bridgehead atoms. The van der Waals surface area contributed by atoms with Crippen molar-refractivity contribution in [2.75, 3.05) is 0 Å². The highest BCUT2D eigenvalue weighted by atomic mass is 79.9. The van der Waals surface area contributed by atoms with Crippen LogP contribution < -0.4 is 5.73 Å². The fraction of sp³-hybridized carbons (Fsp3) is 0.200. The lowest BCUT2D eigenvalue weighted by Crippen LogP contribution is -2.36. The van der Waals surface area contributed by atoms with E-state index >= 15 is 0 Å². The molecule has 0 heterocycles. The maximum absolute atomic E-state index is 14.2. The molecule has 0 radical (unpaired) electrons. The second-order valence-corrected chi connectivity index (χ2v) is 6.14. The van der Waals surface area contributed by atoms with Crippen LogP contribution in [-0.2, 0) is 12.0 Å². The first-order valence-corrected chi connectivity index (χ1v) is 7.16. The van der Waals surface area contributed by atoms with E-state index in [-0.39, 0.29) is 22.8 Å². The molecule has 0 saturated carbocycles. The molecule has 0 saturated heterocycles. The highest BCUT2D eigenvalue weighted by Gasteiger charge is 2.28. The molecule has 106 valence electrons. The minimum atomic E-state index is -1.06. The van der Waals surface area contributed by atoms with Gasteiger partial charge in [-0.25, -0.2) is 8.78 Å². The van der Waals surface area contributed by atoms with E-state index in [1.807, 2.05) is 0 Å². The monoisotopic (exact) mass is 359 g/mol. The SMILES string of the molecule is CC(N)(Cc1ccccc1F)c1ccc(Br)c(Cl)c1F. The molecule has 1 atom stereocenters. The first kappa shape index (κ1) is 15.4. The smallest absolute Gasteiger partial charge is 0.147 e. The Morgan fingerprint density at radius 1 is 1.20 bits per heavy atom. The predicted octanol–water partition coefficient (Wildman–Crippen LogP) is 4.80. The largest absolute Gasteiger partial charge is 0.321 e. The summed E-state index contributed by atoms with van der Waals surface area (Å²) in [5.41, 5.74) is 5.82. The maximum atomic E-state index is 14.2. The number of rotatable bonds is 3. The number of hydrogen-bond donors (Lipinski definition) is 1. The van der Waals surface area contributed by atoms with Gasteiger partial charge in [0.25, 0.3) is 0 Å². The Bertz CT molecular complexity index is 644. The average molecular weight is 361 g/mol. The lowest BCUT2D eigenvalue weighted by Gasteiger charge is -2.26. The fourth-order valence-corrected chi connectivity index (χ4v) is 2.57. The molecule has 20 heavy (non-hydrogen) atoms. The molecule has 1 unspecified atom stereocenters. The molecule has 2 N–H and O–H groups in total. The Hall–Kier alpha value is -0.970. The van der Waals surface area contributed by atoms with Gasteiger partial charge in [-0.15, -0.1) is 0 Å². The van der Waals surface area contributed by atoms with Crippen LogP contribution in [0.5, 0.6) is 0 Å². The van der Waals surface area contributed by atoms with Crippen molar-refractivity contribution in [1.82, 2.24) is 0 Å². The number of hydrogen-bond acceptors (Lipinski definition) is 1. The van der Waals surface area contributed by atoms with Gasteiger partial charge >= 0.3 is 0 Å². The van der Waals surface area contributed by atoms with Crippen molar-refractivity contribution >= 4 is 27.5 Å². The third kappa shape index (κ3) is 3.03. The van der Waals surface area contributed by atoms with Crippen molar-refractivity contribution in [3.8, 4) is 0 Å². The van der Waals surface area contributed by atoms with E-state index in [4.69, 9.17) is 17.3 Å². The van der Waals surface area contributed by atoms with Crippen LogP contribution in [0.4, 0.5) is 8.78 Å². The Morgan fingerprint density at radius 2 is 1.85 bits per heavy atom.